The van der Waals surface area contributed by atoms with Gasteiger partial charge in [-0.25, -0.2) is 4.99 Å². The number of piperidine rings is 1. The fraction of sp³-hybridized carbons (Fsp3) is 0.619. The maximum absolute atomic E-state index is 11.8. The number of anilines is 1. The molecule has 2 heterocycles. The molecule has 3 rings (SSSR count). The summed E-state index contributed by atoms with van der Waals surface area (Å²) in [5.74, 6) is 1.10. The van der Waals surface area contributed by atoms with Crippen LogP contribution in [0.15, 0.2) is 29.3 Å². The summed E-state index contributed by atoms with van der Waals surface area (Å²) < 4.78 is 0. The summed E-state index contributed by atoms with van der Waals surface area (Å²) in [6.07, 6.45) is 5.65. The van der Waals surface area contributed by atoms with Gasteiger partial charge < -0.3 is 20.4 Å². The van der Waals surface area contributed by atoms with Crippen molar-refractivity contribution in [2.24, 2.45) is 4.99 Å². The van der Waals surface area contributed by atoms with Crippen LogP contribution in [0.3, 0.4) is 0 Å². The maximum Gasteiger partial charge on any atom is 0.227 e. The highest BCUT2D eigenvalue weighted by Crippen LogP contribution is 2.21. The van der Waals surface area contributed by atoms with E-state index in [-0.39, 0.29) is 29.9 Å². The Balaban J connectivity index is 0.00000280. The van der Waals surface area contributed by atoms with Crippen LogP contribution in [0.4, 0.5) is 5.69 Å². The molecule has 28 heavy (non-hydrogen) atoms. The Morgan fingerprint density at radius 1 is 1.04 bits per heavy atom. The normalized spacial score (nSPS) is 18.1. The molecule has 0 aromatic heterocycles. The Morgan fingerprint density at radius 3 is 2.43 bits per heavy atom. The van der Waals surface area contributed by atoms with Crippen LogP contribution >= 0.6 is 24.0 Å². The Kier molecular flexibility index (Phi) is 10.0. The Labute approximate surface area is 186 Å². The van der Waals surface area contributed by atoms with Gasteiger partial charge in [-0.3, -0.25) is 4.79 Å². The fourth-order valence-corrected chi connectivity index (χ4v) is 3.73. The molecule has 0 saturated carbocycles. The molecule has 1 amide bonds. The first-order valence-corrected chi connectivity index (χ1v) is 10.4. The molecular weight excluding hydrogens is 465 g/mol. The zero-order valence-electron chi connectivity index (χ0n) is 17.0. The van der Waals surface area contributed by atoms with Gasteiger partial charge in [0.05, 0.1) is 6.54 Å². The third kappa shape index (κ3) is 6.92. The number of nitrogens with one attached hydrogen (secondary N) is 2. The second kappa shape index (κ2) is 12.3. The Hall–Kier alpha value is -1.35. The van der Waals surface area contributed by atoms with Crippen LogP contribution in [-0.2, 0) is 11.3 Å². The van der Waals surface area contributed by atoms with E-state index in [1.165, 1.54) is 32.4 Å². The summed E-state index contributed by atoms with van der Waals surface area (Å²) in [5.41, 5.74) is 2.15. The molecule has 0 bridgehead atoms. The van der Waals surface area contributed by atoms with Crippen molar-refractivity contribution in [1.29, 1.82) is 0 Å². The number of likely N-dealkylation sites (tertiary alicyclic amines) is 1. The third-order valence-corrected chi connectivity index (χ3v) is 5.25. The van der Waals surface area contributed by atoms with E-state index in [9.17, 15) is 4.79 Å². The Morgan fingerprint density at radius 2 is 1.79 bits per heavy atom. The number of hydrogen-bond donors (Lipinski definition) is 2. The standard InChI is InChI=1S/C21H33N5O.HI/c1-2-22-21(23-12-16-25-13-4-3-5-14-25)24-17-18-8-10-19(11-9-18)26-15-6-7-20(26)27;/h8-11H,2-7,12-17H2,1H3,(H2,22,23,24);1H. The monoisotopic (exact) mass is 499 g/mol. The van der Waals surface area contributed by atoms with Crippen molar-refractivity contribution in [1.82, 2.24) is 15.5 Å². The van der Waals surface area contributed by atoms with E-state index in [1.54, 1.807) is 0 Å². The molecule has 0 aliphatic carbocycles. The largest absolute Gasteiger partial charge is 0.357 e. The van der Waals surface area contributed by atoms with Crippen molar-refractivity contribution < 1.29 is 4.79 Å². The molecule has 7 heteroatoms. The zero-order valence-corrected chi connectivity index (χ0v) is 19.3. The lowest BCUT2D eigenvalue weighted by Crippen LogP contribution is -2.42. The number of carbonyl (C=O) groups is 1. The van der Waals surface area contributed by atoms with E-state index in [0.29, 0.717) is 13.0 Å². The molecule has 0 spiro atoms. The lowest BCUT2D eigenvalue weighted by atomic mass is 10.1. The molecule has 1 aromatic rings. The van der Waals surface area contributed by atoms with Crippen molar-refractivity contribution >= 4 is 41.5 Å². The van der Waals surface area contributed by atoms with Crippen LogP contribution < -0.4 is 15.5 Å². The molecule has 0 radical (unpaired) electrons. The first-order valence-electron chi connectivity index (χ1n) is 10.4. The highest BCUT2D eigenvalue weighted by molar-refractivity contribution is 14.0. The van der Waals surface area contributed by atoms with Gasteiger partial charge in [0.25, 0.3) is 0 Å². The predicted molar refractivity (Wildman–Crippen MR) is 127 cm³/mol. The molecule has 0 atom stereocenters. The van der Waals surface area contributed by atoms with Crippen LogP contribution in [0.25, 0.3) is 0 Å². The first-order chi connectivity index (χ1) is 13.3. The van der Waals surface area contributed by atoms with Crippen molar-refractivity contribution in [3.8, 4) is 0 Å². The van der Waals surface area contributed by atoms with E-state index >= 15 is 0 Å². The van der Waals surface area contributed by atoms with Gasteiger partial charge in [-0.2, -0.15) is 0 Å². The van der Waals surface area contributed by atoms with Gasteiger partial charge in [-0.1, -0.05) is 18.6 Å². The molecule has 1 aromatic carbocycles. The van der Waals surface area contributed by atoms with Crippen molar-refractivity contribution in [2.45, 2.75) is 45.6 Å². The average molecular weight is 499 g/mol. The molecule has 6 nitrogen and oxygen atoms in total. The number of benzene rings is 1. The van der Waals surface area contributed by atoms with E-state index in [4.69, 9.17) is 4.99 Å². The lowest BCUT2D eigenvalue weighted by molar-refractivity contribution is -0.117. The van der Waals surface area contributed by atoms with E-state index in [0.717, 1.165) is 49.8 Å². The van der Waals surface area contributed by atoms with Crippen LogP contribution in [0.5, 0.6) is 0 Å². The number of guanidine groups is 1. The number of nitrogens with zero attached hydrogens (tertiary/aromatic N) is 3. The number of halogens is 1. The summed E-state index contributed by atoms with van der Waals surface area (Å²) in [4.78, 5) is 20.9. The molecule has 156 valence electrons. The molecule has 2 aliphatic heterocycles. The van der Waals surface area contributed by atoms with Crippen LogP contribution in [0.1, 0.15) is 44.6 Å². The van der Waals surface area contributed by atoms with Gasteiger partial charge >= 0.3 is 0 Å². The molecular formula is C21H34IN5O. The number of hydrogen-bond acceptors (Lipinski definition) is 3. The van der Waals surface area contributed by atoms with Gasteiger partial charge in [0.1, 0.15) is 0 Å². The minimum Gasteiger partial charge on any atom is -0.357 e. The second-order valence-corrected chi connectivity index (χ2v) is 7.34. The predicted octanol–water partition coefficient (Wildman–Crippen LogP) is 2.97. The summed E-state index contributed by atoms with van der Waals surface area (Å²) in [5, 5.41) is 6.76. The number of aliphatic imine (C=N–C) groups is 1. The fourth-order valence-electron chi connectivity index (χ4n) is 3.73. The maximum atomic E-state index is 11.8. The molecule has 2 fully saturated rings. The van der Waals surface area contributed by atoms with Crippen molar-refractivity contribution in [3.05, 3.63) is 29.8 Å². The molecule has 2 N–H and O–H groups in total. The summed E-state index contributed by atoms with van der Waals surface area (Å²) >= 11 is 0. The van der Waals surface area contributed by atoms with Crippen molar-refractivity contribution in [3.63, 3.8) is 0 Å². The van der Waals surface area contributed by atoms with Gasteiger partial charge in [-0.15, -0.1) is 24.0 Å². The van der Waals surface area contributed by atoms with Crippen LogP contribution in [0, 0.1) is 0 Å². The molecule has 2 aliphatic rings. The minimum atomic E-state index is 0. The molecule has 2 saturated heterocycles. The smallest absolute Gasteiger partial charge is 0.227 e. The third-order valence-electron chi connectivity index (χ3n) is 5.25. The summed E-state index contributed by atoms with van der Waals surface area (Å²) in [6.45, 7) is 8.84. The van der Waals surface area contributed by atoms with Crippen LogP contribution in [-0.4, -0.2) is 56.0 Å². The zero-order chi connectivity index (χ0) is 18.9. The van der Waals surface area contributed by atoms with Crippen LogP contribution in [0.2, 0.25) is 0 Å². The van der Waals surface area contributed by atoms with Gasteiger partial charge in [0.2, 0.25) is 5.91 Å². The highest BCUT2D eigenvalue weighted by Gasteiger charge is 2.21. The van der Waals surface area contributed by atoms with E-state index < -0.39 is 0 Å². The topological polar surface area (TPSA) is 60.0 Å². The highest BCUT2D eigenvalue weighted by atomic mass is 127. The first kappa shape index (κ1) is 22.9. The quantitative estimate of drug-likeness (QED) is 0.344. The average Bonchev–Trinajstić information content (AvgIpc) is 3.13. The SMILES string of the molecule is CCNC(=NCc1ccc(N2CCCC2=O)cc1)NCCN1CCCCC1.I. The van der Waals surface area contributed by atoms with Gasteiger partial charge in [-0.05, 0) is 57.0 Å². The number of amides is 1. The Bertz CT molecular complexity index is 628. The van der Waals surface area contributed by atoms with Gasteiger partial charge in [0.15, 0.2) is 5.96 Å². The summed E-state index contributed by atoms with van der Waals surface area (Å²) in [6, 6.07) is 8.21. The second-order valence-electron chi connectivity index (χ2n) is 7.34. The van der Waals surface area contributed by atoms with Gasteiger partial charge in [0, 0.05) is 38.3 Å². The minimum absolute atomic E-state index is 0. The summed E-state index contributed by atoms with van der Waals surface area (Å²) in [7, 11) is 0. The number of rotatable bonds is 7. The van der Waals surface area contributed by atoms with E-state index in [2.05, 4.69) is 34.6 Å². The van der Waals surface area contributed by atoms with Crippen molar-refractivity contribution in [2.75, 3.05) is 44.2 Å². The molecule has 0 unspecified atom stereocenters. The lowest BCUT2D eigenvalue weighted by Gasteiger charge is -2.26. The number of carbonyl (C=O) groups excluding carboxylic acids is 1. The van der Waals surface area contributed by atoms with E-state index in [1.807, 2.05) is 17.0 Å².